The van der Waals surface area contributed by atoms with E-state index in [-0.39, 0.29) is 5.97 Å². The Morgan fingerprint density at radius 1 is 1.33 bits per heavy atom. The summed E-state index contributed by atoms with van der Waals surface area (Å²) in [4.78, 5) is 11.6. The van der Waals surface area contributed by atoms with Gasteiger partial charge in [-0.25, -0.2) is 0 Å². The van der Waals surface area contributed by atoms with Gasteiger partial charge in [0.1, 0.15) is 11.4 Å². The zero-order valence-corrected chi connectivity index (χ0v) is 12.8. The summed E-state index contributed by atoms with van der Waals surface area (Å²) in [5.41, 5.74) is 0.576. The number of hydrogen-bond acceptors (Lipinski definition) is 3. The predicted molar refractivity (Wildman–Crippen MR) is 74.9 cm³/mol. The first-order valence-corrected chi connectivity index (χ1v) is 6.65. The molecule has 0 aliphatic carbocycles. The molecule has 3 nitrogen and oxygen atoms in total. The fraction of sp³-hybridized carbons (Fsp3) is 0.500. The molecule has 0 aromatic heterocycles. The first-order chi connectivity index (χ1) is 8.31. The van der Waals surface area contributed by atoms with E-state index in [2.05, 4.69) is 15.9 Å². The van der Waals surface area contributed by atoms with Gasteiger partial charge in [-0.2, -0.15) is 0 Å². The maximum Gasteiger partial charge on any atom is 0.306 e. The fourth-order valence-electron chi connectivity index (χ4n) is 1.55. The Balaban J connectivity index is 2.61. The molecular weight excluding hydrogens is 296 g/mol. The van der Waals surface area contributed by atoms with Gasteiger partial charge in [-0.15, -0.1) is 0 Å². The predicted octanol–water partition coefficient (Wildman–Crippen LogP) is 3.73. The van der Waals surface area contributed by atoms with Crippen LogP contribution in [0, 0.1) is 0 Å². The van der Waals surface area contributed by atoms with Crippen LogP contribution in [0.2, 0.25) is 0 Å². The van der Waals surface area contributed by atoms with E-state index in [1.165, 1.54) is 0 Å². The molecule has 1 rings (SSSR count). The molecule has 1 aromatic rings. The van der Waals surface area contributed by atoms with E-state index >= 15 is 0 Å². The molecule has 0 fully saturated rings. The monoisotopic (exact) mass is 314 g/mol. The summed E-state index contributed by atoms with van der Waals surface area (Å²) in [6.45, 7) is 5.60. The number of hydrogen-bond donors (Lipinski definition) is 0. The average molecular weight is 315 g/mol. The van der Waals surface area contributed by atoms with E-state index in [0.29, 0.717) is 12.8 Å². The zero-order valence-electron chi connectivity index (χ0n) is 11.2. The van der Waals surface area contributed by atoms with Crippen molar-refractivity contribution in [3.05, 3.63) is 28.2 Å². The van der Waals surface area contributed by atoms with Crippen molar-refractivity contribution in [2.45, 2.75) is 39.2 Å². The van der Waals surface area contributed by atoms with Crippen molar-refractivity contribution in [2.75, 3.05) is 7.11 Å². The second-order valence-corrected chi connectivity index (χ2v) is 5.96. The second-order valence-electron chi connectivity index (χ2n) is 5.04. The Morgan fingerprint density at radius 3 is 2.56 bits per heavy atom. The number of ether oxygens (including phenoxy) is 2. The van der Waals surface area contributed by atoms with Crippen LogP contribution in [0.25, 0.3) is 0 Å². The number of carbonyl (C=O) groups is 1. The van der Waals surface area contributed by atoms with Crippen LogP contribution < -0.4 is 4.74 Å². The van der Waals surface area contributed by atoms with Crippen LogP contribution in [0.5, 0.6) is 5.75 Å². The van der Waals surface area contributed by atoms with Crippen LogP contribution in [0.3, 0.4) is 0 Å². The number of carbonyl (C=O) groups excluding carboxylic acids is 1. The number of benzene rings is 1. The van der Waals surface area contributed by atoms with E-state index < -0.39 is 5.60 Å². The van der Waals surface area contributed by atoms with Gasteiger partial charge in [-0.1, -0.05) is 22.0 Å². The first kappa shape index (κ1) is 15.0. The Labute approximate surface area is 117 Å². The maximum atomic E-state index is 11.6. The number of rotatable bonds is 4. The lowest BCUT2D eigenvalue weighted by molar-refractivity contribution is -0.154. The van der Waals surface area contributed by atoms with E-state index in [9.17, 15) is 4.79 Å². The SMILES string of the molecule is COc1cc(Br)ccc1CCC(=O)OC(C)(C)C. The second kappa shape index (κ2) is 6.23. The number of esters is 1. The molecule has 0 amide bonds. The summed E-state index contributed by atoms with van der Waals surface area (Å²) in [6, 6.07) is 5.78. The van der Waals surface area contributed by atoms with Gasteiger partial charge >= 0.3 is 5.97 Å². The van der Waals surface area contributed by atoms with Crippen LogP contribution in [0.15, 0.2) is 22.7 Å². The lowest BCUT2D eigenvalue weighted by Crippen LogP contribution is -2.24. The summed E-state index contributed by atoms with van der Waals surface area (Å²) in [6.07, 6.45) is 0.973. The largest absolute Gasteiger partial charge is 0.496 e. The molecule has 0 radical (unpaired) electrons. The minimum atomic E-state index is -0.430. The van der Waals surface area contributed by atoms with Crippen LogP contribution in [-0.4, -0.2) is 18.7 Å². The highest BCUT2D eigenvalue weighted by Crippen LogP contribution is 2.24. The van der Waals surface area contributed by atoms with Crippen LogP contribution in [-0.2, 0) is 16.0 Å². The fourth-order valence-corrected chi connectivity index (χ4v) is 1.89. The molecule has 0 aliphatic heterocycles. The van der Waals surface area contributed by atoms with Gasteiger partial charge in [0.25, 0.3) is 0 Å². The lowest BCUT2D eigenvalue weighted by Gasteiger charge is -2.19. The molecule has 0 saturated carbocycles. The molecule has 0 N–H and O–H groups in total. The molecule has 0 bridgehead atoms. The summed E-state index contributed by atoms with van der Waals surface area (Å²) in [7, 11) is 1.62. The highest BCUT2D eigenvalue weighted by Gasteiger charge is 2.16. The Kier molecular flexibility index (Phi) is 5.20. The minimum Gasteiger partial charge on any atom is -0.496 e. The summed E-state index contributed by atoms with van der Waals surface area (Å²) in [5.74, 6) is 0.598. The first-order valence-electron chi connectivity index (χ1n) is 5.86. The molecular formula is C14H19BrO3. The highest BCUT2D eigenvalue weighted by molar-refractivity contribution is 9.10. The van der Waals surface area contributed by atoms with Crippen molar-refractivity contribution in [1.82, 2.24) is 0 Å². The topological polar surface area (TPSA) is 35.5 Å². The molecule has 1 aromatic carbocycles. The molecule has 18 heavy (non-hydrogen) atoms. The Hall–Kier alpha value is -1.03. The maximum absolute atomic E-state index is 11.6. The van der Waals surface area contributed by atoms with Gasteiger partial charge < -0.3 is 9.47 Å². The molecule has 100 valence electrons. The van der Waals surface area contributed by atoms with Crippen molar-refractivity contribution in [3.8, 4) is 5.75 Å². The number of halogens is 1. The summed E-state index contributed by atoms with van der Waals surface area (Å²) >= 11 is 3.39. The van der Waals surface area contributed by atoms with Crippen molar-refractivity contribution in [2.24, 2.45) is 0 Å². The van der Waals surface area contributed by atoms with E-state index in [1.54, 1.807) is 7.11 Å². The molecule has 0 heterocycles. The number of methoxy groups -OCH3 is 1. The Morgan fingerprint density at radius 2 is 2.00 bits per heavy atom. The van der Waals surface area contributed by atoms with E-state index in [1.807, 2.05) is 39.0 Å². The van der Waals surface area contributed by atoms with Gasteiger partial charge in [0.2, 0.25) is 0 Å². The molecule has 0 saturated heterocycles. The van der Waals surface area contributed by atoms with Crippen molar-refractivity contribution in [3.63, 3.8) is 0 Å². The van der Waals surface area contributed by atoms with E-state index in [0.717, 1.165) is 15.8 Å². The third-order valence-corrected chi connectivity index (χ3v) is 2.76. The van der Waals surface area contributed by atoms with Gasteiger partial charge in [0.05, 0.1) is 7.11 Å². The molecule has 0 aliphatic rings. The summed E-state index contributed by atoms with van der Waals surface area (Å²) < 4.78 is 11.5. The van der Waals surface area contributed by atoms with Crippen molar-refractivity contribution >= 4 is 21.9 Å². The normalized spacial score (nSPS) is 11.2. The Bertz CT molecular complexity index is 422. The average Bonchev–Trinajstić information content (AvgIpc) is 2.24. The van der Waals surface area contributed by atoms with Gasteiger partial charge in [0.15, 0.2) is 0 Å². The molecule has 0 spiro atoms. The third kappa shape index (κ3) is 5.08. The van der Waals surface area contributed by atoms with Crippen molar-refractivity contribution < 1.29 is 14.3 Å². The third-order valence-electron chi connectivity index (χ3n) is 2.27. The van der Waals surface area contributed by atoms with E-state index in [4.69, 9.17) is 9.47 Å². The highest BCUT2D eigenvalue weighted by atomic mass is 79.9. The quantitative estimate of drug-likeness (QED) is 0.794. The van der Waals surface area contributed by atoms with Crippen LogP contribution in [0.1, 0.15) is 32.8 Å². The minimum absolute atomic E-state index is 0.188. The molecule has 4 heteroatoms. The smallest absolute Gasteiger partial charge is 0.306 e. The standard InChI is InChI=1S/C14H19BrO3/c1-14(2,3)18-13(16)8-6-10-5-7-11(15)9-12(10)17-4/h5,7,9H,6,8H2,1-4H3. The van der Waals surface area contributed by atoms with Crippen LogP contribution >= 0.6 is 15.9 Å². The van der Waals surface area contributed by atoms with Crippen LogP contribution in [0.4, 0.5) is 0 Å². The summed E-state index contributed by atoms with van der Waals surface area (Å²) in [5, 5.41) is 0. The molecule has 0 unspecified atom stereocenters. The lowest BCUT2D eigenvalue weighted by atomic mass is 10.1. The van der Waals surface area contributed by atoms with Crippen molar-refractivity contribution in [1.29, 1.82) is 0 Å². The van der Waals surface area contributed by atoms with Gasteiger partial charge in [0, 0.05) is 10.9 Å². The zero-order chi connectivity index (χ0) is 13.8. The molecule has 0 atom stereocenters. The van der Waals surface area contributed by atoms with Gasteiger partial charge in [-0.3, -0.25) is 4.79 Å². The van der Waals surface area contributed by atoms with Gasteiger partial charge in [-0.05, 0) is 44.9 Å². The number of aryl methyl sites for hydroxylation is 1.